The first-order valence-corrected chi connectivity index (χ1v) is 21.5. The first kappa shape index (κ1) is 41.7. The molecule has 1 heterocycles. The van der Waals surface area contributed by atoms with Crippen molar-refractivity contribution < 1.29 is 35.9 Å². The predicted octanol–water partition coefficient (Wildman–Crippen LogP) is 3.91. The Hall–Kier alpha value is -1.03. The number of unbranched alkanes of at least 4 members (excludes halogenated alkanes) is 4. The maximum absolute atomic E-state index is 12.1. The van der Waals surface area contributed by atoms with E-state index in [0.717, 1.165) is 83.3 Å². The van der Waals surface area contributed by atoms with E-state index in [2.05, 4.69) is 29.7 Å². The zero-order valence-corrected chi connectivity index (χ0v) is 31.9. The number of hydrogen-bond donors (Lipinski definition) is 6. The summed E-state index contributed by atoms with van der Waals surface area (Å²) < 4.78 is 0. The van der Waals surface area contributed by atoms with Crippen molar-refractivity contribution in [3.63, 3.8) is 0 Å². The molecule has 8 heteroatoms. The molecule has 0 bridgehead atoms. The smallest absolute Gasteiger partial charge is 0.137 e. The molecule has 3 aliphatic carbocycles. The van der Waals surface area contributed by atoms with Gasteiger partial charge in [-0.2, -0.15) is 0 Å². The number of carboxylic acids is 1. The van der Waals surface area contributed by atoms with Crippen LogP contribution in [-0.4, -0.2) is 64.9 Å². The molecule has 8 nitrogen and oxygen atoms in total. The number of carboxylic acid groups (broad SMARTS) is 1. The van der Waals surface area contributed by atoms with Gasteiger partial charge < -0.3 is 35.9 Å². The summed E-state index contributed by atoms with van der Waals surface area (Å²) in [5, 5.41) is 50.5. The van der Waals surface area contributed by atoms with E-state index >= 15 is 0 Å². The molecular weight excluding hydrogens is 626 g/mol. The van der Waals surface area contributed by atoms with Crippen LogP contribution in [0.1, 0.15) is 161 Å². The average Bonchev–Trinajstić information content (AvgIpc) is 3.40. The SMILES string of the molecule is CCCCC[C@H]1C=C[C@@H](CCCCC[C@H](C(=O)[O-])[C@H](O)CC[C@@]2(O)C[C@@H](C[NH2+]CCCC3CCCCC3)[C@H](CC3CC[NH2+]C(N)C3)C2)[C@H](O)C1. The third kappa shape index (κ3) is 14.4. The van der Waals surface area contributed by atoms with Gasteiger partial charge in [-0.3, -0.25) is 5.73 Å². The molecule has 3 fully saturated rings. The highest BCUT2D eigenvalue weighted by atomic mass is 16.4. The number of aliphatic carboxylic acids is 1. The molecule has 1 saturated heterocycles. The van der Waals surface area contributed by atoms with E-state index in [0.29, 0.717) is 49.4 Å². The molecule has 0 aromatic heterocycles. The number of allylic oxidation sites excluding steroid dienone is 1. The van der Waals surface area contributed by atoms with Crippen LogP contribution in [0.15, 0.2) is 12.2 Å². The van der Waals surface area contributed by atoms with Crippen molar-refractivity contribution in [1.29, 1.82) is 0 Å². The van der Waals surface area contributed by atoms with Gasteiger partial charge in [-0.05, 0) is 101 Å². The number of aliphatic hydroxyl groups excluding tert-OH is 2. The Morgan fingerprint density at radius 1 is 0.940 bits per heavy atom. The molecule has 4 aliphatic rings. The molecule has 290 valence electrons. The quantitative estimate of drug-likeness (QED) is 0.0699. The fourth-order valence-electron chi connectivity index (χ4n) is 10.5. The number of aliphatic hydroxyl groups is 3. The highest BCUT2D eigenvalue weighted by Gasteiger charge is 2.45. The van der Waals surface area contributed by atoms with Crippen molar-refractivity contribution in [2.45, 2.75) is 185 Å². The third-order valence-electron chi connectivity index (χ3n) is 13.5. The average molecular weight is 705 g/mol. The summed E-state index contributed by atoms with van der Waals surface area (Å²) in [5.41, 5.74) is 5.45. The molecule has 0 amide bonds. The van der Waals surface area contributed by atoms with Crippen LogP contribution in [0.4, 0.5) is 0 Å². The number of carbonyl (C=O) groups is 1. The minimum Gasteiger partial charge on any atom is -0.550 e. The second-order valence-corrected chi connectivity index (χ2v) is 17.7. The van der Waals surface area contributed by atoms with Crippen LogP contribution in [-0.2, 0) is 4.79 Å². The Balaban J connectivity index is 1.19. The van der Waals surface area contributed by atoms with Gasteiger partial charge in [0.1, 0.15) is 6.17 Å². The number of rotatable bonds is 23. The van der Waals surface area contributed by atoms with Crippen molar-refractivity contribution in [3.05, 3.63) is 12.2 Å². The lowest BCUT2D eigenvalue weighted by Crippen LogP contribution is -2.94. The monoisotopic (exact) mass is 705 g/mol. The van der Waals surface area contributed by atoms with Crippen molar-refractivity contribution >= 4 is 5.97 Å². The number of nitrogens with two attached hydrogens (primary N) is 3. The standard InChI is InChI=1S/C42H77N3O5/c1-2-3-6-14-32-18-19-34(39(47)26-32)16-9-5-10-17-37(41(48)49)38(46)20-22-42(50)28-35(25-33-21-24-45-40(43)27-33)36(29-42)30-44-23-11-15-31-12-7-4-8-13-31/h18-19,31-40,44-47,50H,2-17,20-30,43H2,1H3,(H,48,49)/p+1/t32-,33?,34+,35+,36-,37-,38+,39+,40?,42-/m0/s1. The van der Waals surface area contributed by atoms with E-state index in [9.17, 15) is 25.2 Å². The topological polar surface area (TPSA) is 160 Å². The first-order valence-electron chi connectivity index (χ1n) is 21.5. The summed E-state index contributed by atoms with van der Waals surface area (Å²) in [6.07, 6.45) is 28.2. The van der Waals surface area contributed by atoms with Crippen LogP contribution < -0.4 is 21.5 Å². The Morgan fingerprint density at radius 3 is 2.46 bits per heavy atom. The minimum atomic E-state index is -1.18. The van der Waals surface area contributed by atoms with Crippen LogP contribution in [0.25, 0.3) is 0 Å². The van der Waals surface area contributed by atoms with E-state index in [-0.39, 0.29) is 18.2 Å². The maximum atomic E-state index is 12.1. The summed E-state index contributed by atoms with van der Waals surface area (Å²) in [4.78, 5) is 12.1. The van der Waals surface area contributed by atoms with E-state index in [1.807, 2.05) is 0 Å². The van der Waals surface area contributed by atoms with Gasteiger partial charge in [0.15, 0.2) is 0 Å². The molecule has 1 aliphatic heterocycles. The summed E-state index contributed by atoms with van der Waals surface area (Å²) in [6, 6.07) is 0. The van der Waals surface area contributed by atoms with Gasteiger partial charge in [-0.15, -0.1) is 0 Å². The highest BCUT2D eigenvalue weighted by molar-refractivity contribution is 5.68. The van der Waals surface area contributed by atoms with Crippen LogP contribution in [0.3, 0.4) is 0 Å². The van der Waals surface area contributed by atoms with E-state index in [1.54, 1.807) is 0 Å². The number of carbonyl (C=O) groups excluding carboxylic acids is 1. The van der Waals surface area contributed by atoms with Crippen LogP contribution in [0, 0.1) is 41.4 Å². The molecule has 0 aromatic carbocycles. The Bertz CT molecular complexity index is 975. The Kier molecular flexibility index (Phi) is 18.6. The van der Waals surface area contributed by atoms with E-state index in [1.165, 1.54) is 70.6 Å². The number of quaternary nitrogens is 2. The molecule has 2 unspecified atom stereocenters. The van der Waals surface area contributed by atoms with Gasteiger partial charge in [0, 0.05) is 30.1 Å². The maximum Gasteiger partial charge on any atom is 0.137 e. The molecule has 4 rings (SSSR count). The second-order valence-electron chi connectivity index (χ2n) is 17.7. The molecule has 10 atom stereocenters. The molecule has 0 spiro atoms. The van der Waals surface area contributed by atoms with Crippen molar-refractivity contribution in [1.82, 2.24) is 0 Å². The predicted molar refractivity (Wildman–Crippen MR) is 198 cm³/mol. The van der Waals surface area contributed by atoms with Crippen molar-refractivity contribution in [2.75, 3.05) is 19.6 Å². The zero-order valence-electron chi connectivity index (χ0n) is 31.9. The number of piperidine rings is 1. The van der Waals surface area contributed by atoms with Gasteiger partial charge in [0.05, 0.1) is 37.4 Å². The molecule has 0 aromatic rings. The van der Waals surface area contributed by atoms with Crippen LogP contribution >= 0.6 is 0 Å². The molecule has 9 N–H and O–H groups in total. The lowest BCUT2D eigenvalue weighted by molar-refractivity contribution is -0.699. The largest absolute Gasteiger partial charge is 0.550 e. The molecular formula is C42H78N3O5+. The van der Waals surface area contributed by atoms with Gasteiger partial charge in [0.25, 0.3) is 0 Å². The normalized spacial score (nSPS) is 33.4. The molecule has 50 heavy (non-hydrogen) atoms. The summed E-state index contributed by atoms with van der Waals surface area (Å²) in [7, 11) is 0. The van der Waals surface area contributed by atoms with Crippen molar-refractivity contribution in [2.24, 2.45) is 47.2 Å². The third-order valence-corrected chi connectivity index (χ3v) is 13.5. The van der Waals surface area contributed by atoms with Gasteiger partial charge in [-0.25, -0.2) is 0 Å². The second kappa shape index (κ2) is 22.2. The van der Waals surface area contributed by atoms with Crippen molar-refractivity contribution in [3.8, 4) is 0 Å². The Labute approximate surface area is 305 Å². The summed E-state index contributed by atoms with van der Waals surface area (Å²) in [6.45, 7) is 5.50. The van der Waals surface area contributed by atoms with Gasteiger partial charge in [-0.1, -0.05) is 89.7 Å². The van der Waals surface area contributed by atoms with E-state index in [4.69, 9.17) is 5.73 Å². The lowest BCUT2D eigenvalue weighted by atomic mass is 9.81. The zero-order chi connectivity index (χ0) is 35.8. The Morgan fingerprint density at radius 2 is 1.72 bits per heavy atom. The fraction of sp³-hybridized carbons (Fsp3) is 0.929. The molecule has 0 radical (unpaired) electrons. The first-order chi connectivity index (χ1) is 24.2. The minimum absolute atomic E-state index is 0.180. The molecule has 2 saturated carbocycles. The lowest BCUT2D eigenvalue weighted by Gasteiger charge is -2.30. The fourth-order valence-corrected chi connectivity index (χ4v) is 10.5. The van der Waals surface area contributed by atoms with E-state index < -0.39 is 23.6 Å². The highest BCUT2D eigenvalue weighted by Crippen LogP contribution is 2.45. The van der Waals surface area contributed by atoms with Crippen LogP contribution in [0.5, 0.6) is 0 Å². The summed E-state index contributed by atoms with van der Waals surface area (Å²) in [5.74, 6) is 1.00. The van der Waals surface area contributed by atoms with Crippen LogP contribution in [0.2, 0.25) is 0 Å². The summed E-state index contributed by atoms with van der Waals surface area (Å²) >= 11 is 0. The van der Waals surface area contributed by atoms with Gasteiger partial charge >= 0.3 is 0 Å². The number of hydrogen-bond acceptors (Lipinski definition) is 6. The van der Waals surface area contributed by atoms with Gasteiger partial charge in [0.2, 0.25) is 0 Å².